The molecule has 0 fully saturated rings. The van der Waals surface area contributed by atoms with Gasteiger partial charge in [-0.2, -0.15) is 0 Å². The van der Waals surface area contributed by atoms with Gasteiger partial charge in [-0.1, -0.05) is 44.2 Å². The van der Waals surface area contributed by atoms with Crippen molar-refractivity contribution in [2.24, 2.45) is 5.92 Å². The van der Waals surface area contributed by atoms with Crippen LogP contribution >= 0.6 is 0 Å². The van der Waals surface area contributed by atoms with Gasteiger partial charge < -0.3 is 20.3 Å². The Balaban J connectivity index is 2.50. The number of nitrogens with one attached hydrogen (secondary N) is 1. The molecule has 2 atom stereocenters. The topological polar surface area (TPSA) is 95.9 Å². The van der Waals surface area contributed by atoms with Crippen LogP contribution < -0.4 is 5.32 Å². The Morgan fingerprint density at radius 2 is 1.86 bits per heavy atom. The summed E-state index contributed by atoms with van der Waals surface area (Å²) < 4.78 is 5.06. The molecule has 116 valence electrons. The largest absolute Gasteiger partial charge is 0.481 e. The van der Waals surface area contributed by atoms with Gasteiger partial charge in [0.25, 0.3) is 0 Å². The maximum absolute atomic E-state index is 11.7. The molecule has 0 unspecified atom stereocenters. The van der Waals surface area contributed by atoms with Crippen LogP contribution in [-0.2, 0) is 16.1 Å². The molecule has 6 heteroatoms. The minimum Gasteiger partial charge on any atom is -0.481 e. The number of carboxylic acids is 1. The van der Waals surface area contributed by atoms with Crippen LogP contribution in [0.2, 0.25) is 0 Å². The highest BCUT2D eigenvalue weighted by Crippen LogP contribution is 2.10. The van der Waals surface area contributed by atoms with E-state index < -0.39 is 30.6 Å². The lowest BCUT2D eigenvalue weighted by Gasteiger charge is -2.26. The van der Waals surface area contributed by atoms with Crippen molar-refractivity contribution >= 4 is 12.1 Å². The average Bonchev–Trinajstić information content (AvgIpc) is 2.42. The maximum atomic E-state index is 11.7. The summed E-state index contributed by atoms with van der Waals surface area (Å²) in [6.07, 6.45) is -2.27. The Kier molecular flexibility index (Phi) is 6.68. The highest BCUT2D eigenvalue weighted by molar-refractivity contribution is 5.69. The second-order valence-electron chi connectivity index (χ2n) is 5.14. The fourth-order valence-corrected chi connectivity index (χ4v) is 1.91. The van der Waals surface area contributed by atoms with Crippen LogP contribution in [0.3, 0.4) is 0 Å². The summed E-state index contributed by atoms with van der Waals surface area (Å²) in [5, 5.41) is 21.0. The van der Waals surface area contributed by atoms with Gasteiger partial charge in [-0.05, 0) is 11.5 Å². The Morgan fingerprint density at radius 3 is 2.38 bits per heavy atom. The summed E-state index contributed by atoms with van der Waals surface area (Å²) >= 11 is 0. The predicted molar refractivity (Wildman–Crippen MR) is 76.6 cm³/mol. The molecule has 0 radical (unpaired) electrons. The average molecular weight is 295 g/mol. The van der Waals surface area contributed by atoms with E-state index in [9.17, 15) is 14.7 Å². The first-order valence-electron chi connectivity index (χ1n) is 6.77. The van der Waals surface area contributed by atoms with Crippen molar-refractivity contribution in [3.05, 3.63) is 35.9 Å². The summed E-state index contributed by atoms with van der Waals surface area (Å²) in [5.41, 5.74) is 0.847. The molecule has 1 amide bonds. The standard InChI is InChI=1S/C15H21NO5/c1-10(2)14(12(17)8-13(18)19)16-15(20)21-9-11-6-4-3-5-7-11/h3-7,10,12,14,17H,8-9H2,1-2H3,(H,16,20)(H,18,19)/t12-,14-/m0/s1. The lowest BCUT2D eigenvalue weighted by Crippen LogP contribution is -2.47. The van der Waals surface area contributed by atoms with Crippen LogP contribution in [-0.4, -0.2) is 34.4 Å². The van der Waals surface area contributed by atoms with Crippen molar-refractivity contribution in [3.8, 4) is 0 Å². The van der Waals surface area contributed by atoms with Crippen LogP contribution in [0.4, 0.5) is 4.79 Å². The van der Waals surface area contributed by atoms with Gasteiger partial charge in [0.05, 0.1) is 18.6 Å². The molecule has 0 saturated heterocycles. The number of aliphatic hydroxyl groups is 1. The van der Waals surface area contributed by atoms with E-state index in [-0.39, 0.29) is 12.5 Å². The summed E-state index contributed by atoms with van der Waals surface area (Å²) in [6.45, 7) is 3.69. The van der Waals surface area contributed by atoms with Crippen LogP contribution in [0, 0.1) is 5.92 Å². The van der Waals surface area contributed by atoms with E-state index in [0.717, 1.165) is 5.56 Å². The van der Waals surface area contributed by atoms with Crippen molar-refractivity contribution in [2.75, 3.05) is 0 Å². The number of amides is 1. The van der Waals surface area contributed by atoms with Gasteiger partial charge in [0, 0.05) is 0 Å². The molecule has 1 aromatic carbocycles. The molecular weight excluding hydrogens is 274 g/mol. The molecule has 3 N–H and O–H groups in total. The predicted octanol–water partition coefficient (Wildman–Crippen LogP) is 1.77. The van der Waals surface area contributed by atoms with E-state index in [1.165, 1.54) is 0 Å². The quantitative estimate of drug-likeness (QED) is 0.712. The monoisotopic (exact) mass is 295 g/mol. The second kappa shape index (κ2) is 8.26. The van der Waals surface area contributed by atoms with Gasteiger partial charge in [-0.15, -0.1) is 0 Å². The minimum absolute atomic E-state index is 0.118. The molecule has 0 aliphatic heterocycles. The number of hydrogen-bond donors (Lipinski definition) is 3. The molecule has 0 heterocycles. The van der Waals surface area contributed by atoms with Crippen molar-refractivity contribution in [1.82, 2.24) is 5.32 Å². The summed E-state index contributed by atoms with van der Waals surface area (Å²) in [4.78, 5) is 22.4. The third-order valence-corrected chi connectivity index (χ3v) is 3.01. The Labute approximate surface area is 123 Å². The first kappa shape index (κ1) is 17.0. The second-order valence-corrected chi connectivity index (χ2v) is 5.14. The van der Waals surface area contributed by atoms with Gasteiger partial charge in [0.2, 0.25) is 0 Å². The number of alkyl carbamates (subject to hydrolysis) is 1. The van der Waals surface area contributed by atoms with Crippen molar-refractivity contribution in [1.29, 1.82) is 0 Å². The normalized spacial score (nSPS) is 13.5. The number of hydrogen-bond acceptors (Lipinski definition) is 4. The summed E-state index contributed by atoms with van der Waals surface area (Å²) in [7, 11) is 0. The van der Waals surface area contributed by atoms with Gasteiger partial charge in [-0.25, -0.2) is 4.79 Å². The number of rotatable bonds is 7. The molecule has 0 bridgehead atoms. The molecule has 0 saturated carbocycles. The molecule has 0 aliphatic carbocycles. The van der Waals surface area contributed by atoms with E-state index >= 15 is 0 Å². The van der Waals surface area contributed by atoms with Crippen LogP contribution in [0.5, 0.6) is 0 Å². The molecule has 1 aromatic rings. The number of ether oxygens (including phenoxy) is 1. The first-order chi connectivity index (χ1) is 9.90. The fraction of sp³-hybridized carbons (Fsp3) is 0.467. The highest BCUT2D eigenvalue weighted by Gasteiger charge is 2.26. The van der Waals surface area contributed by atoms with Gasteiger partial charge >= 0.3 is 12.1 Å². The summed E-state index contributed by atoms with van der Waals surface area (Å²) in [5.74, 6) is -1.24. The van der Waals surface area contributed by atoms with Crippen LogP contribution in [0.25, 0.3) is 0 Å². The summed E-state index contributed by atoms with van der Waals surface area (Å²) in [6, 6.07) is 8.51. The minimum atomic E-state index is -1.16. The zero-order chi connectivity index (χ0) is 15.8. The molecule has 21 heavy (non-hydrogen) atoms. The number of benzene rings is 1. The Morgan fingerprint density at radius 1 is 1.24 bits per heavy atom. The van der Waals surface area contributed by atoms with E-state index in [4.69, 9.17) is 9.84 Å². The van der Waals surface area contributed by atoms with E-state index in [0.29, 0.717) is 0 Å². The first-order valence-corrected chi connectivity index (χ1v) is 6.77. The third-order valence-electron chi connectivity index (χ3n) is 3.01. The van der Waals surface area contributed by atoms with Gasteiger partial charge in [-0.3, -0.25) is 4.79 Å². The van der Waals surface area contributed by atoms with Crippen molar-refractivity contribution in [3.63, 3.8) is 0 Å². The maximum Gasteiger partial charge on any atom is 0.407 e. The third kappa shape index (κ3) is 6.27. The lowest BCUT2D eigenvalue weighted by molar-refractivity contribution is -0.139. The SMILES string of the molecule is CC(C)[C@H](NC(=O)OCc1ccccc1)[C@@H](O)CC(=O)O. The van der Waals surface area contributed by atoms with Crippen LogP contribution in [0.15, 0.2) is 30.3 Å². The van der Waals surface area contributed by atoms with Crippen molar-refractivity contribution < 1.29 is 24.5 Å². The molecule has 1 rings (SSSR count). The smallest absolute Gasteiger partial charge is 0.407 e. The lowest BCUT2D eigenvalue weighted by atomic mass is 9.96. The number of carbonyl (C=O) groups excluding carboxylic acids is 1. The zero-order valence-corrected chi connectivity index (χ0v) is 12.2. The van der Waals surface area contributed by atoms with Crippen molar-refractivity contribution in [2.45, 2.75) is 39.0 Å². The van der Waals surface area contributed by atoms with Gasteiger partial charge in [0.1, 0.15) is 6.61 Å². The Bertz CT molecular complexity index is 460. The Hall–Kier alpha value is -2.08. The van der Waals surface area contributed by atoms with E-state index in [1.807, 2.05) is 30.3 Å². The number of aliphatic hydroxyl groups excluding tert-OH is 1. The number of aliphatic carboxylic acids is 1. The number of carboxylic acid groups (broad SMARTS) is 1. The van der Waals surface area contributed by atoms with E-state index in [1.54, 1.807) is 13.8 Å². The zero-order valence-electron chi connectivity index (χ0n) is 12.2. The molecular formula is C15H21NO5. The number of carbonyl (C=O) groups is 2. The molecule has 0 aliphatic rings. The van der Waals surface area contributed by atoms with Gasteiger partial charge in [0.15, 0.2) is 0 Å². The highest BCUT2D eigenvalue weighted by atomic mass is 16.5. The van der Waals surface area contributed by atoms with Crippen LogP contribution in [0.1, 0.15) is 25.8 Å². The molecule has 0 aromatic heterocycles. The van der Waals surface area contributed by atoms with E-state index in [2.05, 4.69) is 5.32 Å². The molecule has 6 nitrogen and oxygen atoms in total. The fourth-order valence-electron chi connectivity index (χ4n) is 1.91. The molecule has 0 spiro atoms.